The van der Waals surface area contributed by atoms with Gasteiger partial charge in [0.05, 0.1) is 16.7 Å². The third-order valence-corrected chi connectivity index (χ3v) is 7.52. The second-order valence-electron chi connectivity index (χ2n) is 9.80. The molecule has 180 valence electrons. The standard InChI is InChI=1S/C31H24FN5/c32-24-13-9-22(10-14-24)30-36-35-28-16-15-26-27(37(28)30)19-25(20-5-2-1-3-6-20)29(34-26)21-7-11-23(12-8-21)31(33)17-4-18-31/h1-3,5-16,19H,4,17-18,33H2. The van der Waals surface area contributed by atoms with Gasteiger partial charge in [-0.2, -0.15) is 0 Å². The highest BCUT2D eigenvalue weighted by atomic mass is 19.1. The Hall–Kier alpha value is -4.42. The van der Waals surface area contributed by atoms with Gasteiger partial charge in [0.25, 0.3) is 0 Å². The number of hydrogen-bond donors (Lipinski definition) is 1. The van der Waals surface area contributed by atoms with Crippen LogP contribution in [0.5, 0.6) is 0 Å². The van der Waals surface area contributed by atoms with E-state index >= 15 is 0 Å². The predicted octanol–water partition coefficient (Wildman–Crippen LogP) is 6.76. The van der Waals surface area contributed by atoms with Crippen LogP contribution in [0.3, 0.4) is 0 Å². The molecule has 0 radical (unpaired) electrons. The van der Waals surface area contributed by atoms with Crippen LogP contribution in [0.25, 0.3) is 50.5 Å². The molecule has 3 aromatic heterocycles. The van der Waals surface area contributed by atoms with Gasteiger partial charge in [-0.1, -0.05) is 54.6 Å². The van der Waals surface area contributed by atoms with E-state index in [1.165, 1.54) is 24.1 Å². The molecule has 5 nitrogen and oxygen atoms in total. The summed E-state index contributed by atoms with van der Waals surface area (Å²) in [5, 5.41) is 8.80. The van der Waals surface area contributed by atoms with Crippen molar-refractivity contribution in [2.45, 2.75) is 24.8 Å². The molecule has 6 aromatic rings. The van der Waals surface area contributed by atoms with Crippen LogP contribution in [0.15, 0.2) is 97.1 Å². The molecule has 0 atom stereocenters. The highest BCUT2D eigenvalue weighted by Crippen LogP contribution is 2.40. The van der Waals surface area contributed by atoms with Gasteiger partial charge in [0.15, 0.2) is 11.5 Å². The highest BCUT2D eigenvalue weighted by molar-refractivity contribution is 5.92. The van der Waals surface area contributed by atoms with Crippen molar-refractivity contribution in [1.82, 2.24) is 19.6 Å². The van der Waals surface area contributed by atoms with Crippen LogP contribution in [0.2, 0.25) is 0 Å². The first kappa shape index (κ1) is 21.8. The van der Waals surface area contributed by atoms with Crippen molar-refractivity contribution in [1.29, 1.82) is 0 Å². The van der Waals surface area contributed by atoms with Crippen molar-refractivity contribution >= 4 is 16.7 Å². The molecule has 1 aliphatic rings. The van der Waals surface area contributed by atoms with Crippen molar-refractivity contribution in [2.75, 3.05) is 0 Å². The smallest absolute Gasteiger partial charge is 0.168 e. The predicted molar refractivity (Wildman–Crippen MR) is 144 cm³/mol. The number of nitrogens with zero attached hydrogens (tertiary/aromatic N) is 4. The third-order valence-electron chi connectivity index (χ3n) is 7.52. The summed E-state index contributed by atoms with van der Waals surface area (Å²) in [7, 11) is 0. The van der Waals surface area contributed by atoms with Crippen LogP contribution in [0, 0.1) is 5.82 Å². The Morgan fingerprint density at radius 1 is 0.757 bits per heavy atom. The minimum atomic E-state index is -0.288. The lowest BCUT2D eigenvalue weighted by Crippen LogP contribution is -2.43. The number of nitrogens with two attached hydrogens (primary N) is 1. The Morgan fingerprint density at radius 2 is 1.49 bits per heavy atom. The topological polar surface area (TPSA) is 69.1 Å². The number of halogens is 1. The fraction of sp³-hybridized carbons (Fsp3) is 0.129. The van der Waals surface area contributed by atoms with Gasteiger partial charge in [0.1, 0.15) is 5.82 Å². The summed E-state index contributed by atoms with van der Waals surface area (Å²) in [4.78, 5) is 5.16. The molecule has 37 heavy (non-hydrogen) atoms. The van der Waals surface area contributed by atoms with Crippen molar-refractivity contribution < 1.29 is 4.39 Å². The minimum absolute atomic E-state index is 0.200. The molecule has 3 aromatic carbocycles. The lowest BCUT2D eigenvalue weighted by atomic mass is 9.72. The van der Waals surface area contributed by atoms with Crippen LogP contribution >= 0.6 is 0 Å². The van der Waals surface area contributed by atoms with Crippen LogP contribution in [0.1, 0.15) is 24.8 Å². The molecule has 0 spiro atoms. The van der Waals surface area contributed by atoms with E-state index in [1.807, 2.05) is 34.7 Å². The summed E-state index contributed by atoms with van der Waals surface area (Å²) >= 11 is 0. The zero-order valence-corrected chi connectivity index (χ0v) is 20.1. The number of fused-ring (bicyclic) bond motifs is 3. The maximum Gasteiger partial charge on any atom is 0.168 e. The van der Waals surface area contributed by atoms with Gasteiger partial charge in [-0.3, -0.25) is 4.40 Å². The Morgan fingerprint density at radius 3 is 2.19 bits per heavy atom. The van der Waals surface area contributed by atoms with Gasteiger partial charge < -0.3 is 5.73 Å². The van der Waals surface area contributed by atoms with E-state index in [2.05, 4.69) is 52.7 Å². The van der Waals surface area contributed by atoms with E-state index in [1.54, 1.807) is 12.1 Å². The van der Waals surface area contributed by atoms with E-state index in [-0.39, 0.29) is 11.4 Å². The molecule has 0 saturated heterocycles. The Labute approximate surface area is 213 Å². The van der Waals surface area contributed by atoms with Crippen molar-refractivity contribution in [3.05, 3.63) is 108 Å². The molecule has 6 heteroatoms. The van der Waals surface area contributed by atoms with Gasteiger partial charge in [0, 0.05) is 22.2 Å². The molecule has 1 aliphatic carbocycles. The maximum absolute atomic E-state index is 13.6. The Balaban J connectivity index is 1.46. The number of aromatic nitrogens is 4. The number of hydrogen-bond acceptors (Lipinski definition) is 4. The second kappa shape index (κ2) is 8.32. The minimum Gasteiger partial charge on any atom is -0.321 e. The van der Waals surface area contributed by atoms with E-state index in [0.29, 0.717) is 11.5 Å². The molecule has 0 bridgehead atoms. The number of benzene rings is 3. The fourth-order valence-corrected chi connectivity index (χ4v) is 5.26. The molecule has 0 unspecified atom stereocenters. The van der Waals surface area contributed by atoms with E-state index in [9.17, 15) is 4.39 Å². The molecular weight excluding hydrogens is 461 g/mol. The van der Waals surface area contributed by atoms with Gasteiger partial charge >= 0.3 is 0 Å². The van der Waals surface area contributed by atoms with Gasteiger partial charge in [-0.15, -0.1) is 10.2 Å². The normalized spacial score (nSPS) is 14.6. The first-order valence-corrected chi connectivity index (χ1v) is 12.5. The molecule has 0 aliphatic heterocycles. The van der Waals surface area contributed by atoms with Crippen LogP contribution < -0.4 is 5.73 Å². The van der Waals surface area contributed by atoms with Crippen LogP contribution in [0.4, 0.5) is 4.39 Å². The molecular formula is C31H24FN5. The van der Waals surface area contributed by atoms with Crippen molar-refractivity contribution in [2.24, 2.45) is 5.73 Å². The summed E-state index contributed by atoms with van der Waals surface area (Å²) in [6.07, 6.45) is 3.24. The molecule has 2 N–H and O–H groups in total. The molecule has 1 fully saturated rings. The summed E-state index contributed by atoms with van der Waals surface area (Å²) in [5.74, 6) is 0.358. The van der Waals surface area contributed by atoms with E-state index < -0.39 is 0 Å². The van der Waals surface area contributed by atoms with Gasteiger partial charge in [0.2, 0.25) is 0 Å². The number of pyridine rings is 2. The zero-order chi connectivity index (χ0) is 25.0. The first-order valence-electron chi connectivity index (χ1n) is 12.5. The summed E-state index contributed by atoms with van der Waals surface area (Å²) < 4.78 is 15.6. The lowest BCUT2D eigenvalue weighted by molar-refractivity contribution is 0.253. The zero-order valence-electron chi connectivity index (χ0n) is 20.1. The average molecular weight is 486 g/mol. The van der Waals surface area contributed by atoms with Crippen molar-refractivity contribution in [3.8, 4) is 33.8 Å². The van der Waals surface area contributed by atoms with Gasteiger partial charge in [-0.05, 0) is 72.9 Å². The van der Waals surface area contributed by atoms with Crippen LogP contribution in [-0.4, -0.2) is 19.6 Å². The van der Waals surface area contributed by atoms with Crippen LogP contribution in [-0.2, 0) is 5.54 Å². The quantitative estimate of drug-likeness (QED) is 0.300. The molecule has 0 amide bonds. The largest absolute Gasteiger partial charge is 0.321 e. The Bertz CT molecular complexity index is 1750. The fourth-order valence-electron chi connectivity index (χ4n) is 5.26. The van der Waals surface area contributed by atoms with E-state index in [0.717, 1.165) is 51.8 Å². The van der Waals surface area contributed by atoms with Gasteiger partial charge in [-0.25, -0.2) is 9.37 Å². The lowest BCUT2D eigenvalue weighted by Gasteiger charge is -2.38. The summed E-state index contributed by atoms with van der Waals surface area (Å²) in [5.41, 5.74) is 14.8. The summed E-state index contributed by atoms with van der Waals surface area (Å²) in [6.45, 7) is 0. The van der Waals surface area contributed by atoms with E-state index in [4.69, 9.17) is 10.7 Å². The molecule has 7 rings (SSSR count). The second-order valence-corrected chi connectivity index (χ2v) is 9.80. The average Bonchev–Trinajstić information content (AvgIpc) is 3.37. The van der Waals surface area contributed by atoms with Crippen molar-refractivity contribution in [3.63, 3.8) is 0 Å². The maximum atomic E-state index is 13.6. The SMILES string of the molecule is NC1(c2ccc(-c3nc4ccc5nnc(-c6ccc(F)cc6)n5c4cc3-c3ccccc3)cc2)CCC1. The number of rotatable bonds is 4. The molecule has 1 saturated carbocycles. The molecule has 3 heterocycles. The highest BCUT2D eigenvalue weighted by Gasteiger charge is 2.34. The summed E-state index contributed by atoms with van der Waals surface area (Å²) in [6, 6.07) is 31.2. The monoisotopic (exact) mass is 485 g/mol. The third kappa shape index (κ3) is 3.60. The first-order chi connectivity index (χ1) is 18.1. The Kier molecular flexibility index (Phi) is 4.91.